The first kappa shape index (κ1) is 11.9. The average Bonchev–Trinajstić information content (AvgIpc) is 2.31. The van der Waals surface area contributed by atoms with Crippen LogP contribution < -0.4 is 5.73 Å². The SMILES string of the molecule is CCc1nc(C)cc(Sc2ncccc2N)n1. The number of hydrogen-bond acceptors (Lipinski definition) is 5. The lowest BCUT2D eigenvalue weighted by molar-refractivity contribution is 0.867. The first-order chi connectivity index (χ1) is 8.19. The minimum absolute atomic E-state index is 0.673. The number of aryl methyl sites for hydroxylation is 2. The van der Waals surface area contributed by atoms with Crippen LogP contribution in [0.5, 0.6) is 0 Å². The van der Waals surface area contributed by atoms with Gasteiger partial charge in [-0.25, -0.2) is 15.0 Å². The predicted octanol–water partition coefficient (Wildman–Crippen LogP) is 2.48. The Labute approximate surface area is 105 Å². The van der Waals surface area contributed by atoms with E-state index in [9.17, 15) is 0 Å². The van der Waals surface area contributed by atoms with Crippen LogP contribution in [-0.2, 0) is 6.42 Å². The average molecular weight is 246 g/mol. The molecule has 0 aliphatic carbocycles. The van der Waals surface area contributed by atoms with Crippen molar-refractivity contribution < 1.29 is 0 Å². The Morgan fingerprint density at radius 3 is 2.88 bits per heavy atom. The number of aromatic nitrogens is 3. The maximum atomic E-state index is 5.85. The lowest BCUT2D eigenvalue weighted by Gasteiger charge is -2.05. The van der Waals surface area contributed by atoms with Gasteiger partial charge >= 0.3 is 0 Å². The highest BCUT2D eigenvalue weighted by molar-refractivity contribution is 7.99. The van der Waals surface area contributed by atoms with Crippen LogP contribution in [0.3, 0.4) is 0 Å². The monoisotopic (exact) mass is 246 g/mol. The van der Waals surface area contributed by atoms with Crippen LogP contribution in [-0.4, -0.2) is 15.0 Å². The molecule has 0 unspecified atom stereocenters. The van der Waals surface area contributed by atoms with Gasteiger partial charge in [0.15, 0.2) is 0 Å². The molecule has 4 nitrogen and oxygen atoms in total. The van der Waals surface area contributed by atoms with Crippen molar-refractivity contribution in [1.82, 2.24) is 15.0 Å². The predicted molar refractivity (Wildman–Crippen MR) is 68.9 cm³/mol. The summed E-state index contributed by atoms with van der Waals surface area (Å²) in [5.74, 6) is 0.849. The van der Waals surface area contributed by atoms with Crippen LogP contribution in [0.4, 0.5) is 5.69 Å². The van der Waals surface area contributed by atoms with Gasteiger partial charge in [0.2, 0.25) is 0 Å². The fraction of sp³-hybridized carbons (Fsp3) is 0.250. The molecule has 0 saturated carbocycles. The van der Waals surface area contributed by atoms with Crippen LogP contribution in [0.1, 0.15) is 18.4 Å². The normalized spacial score (nSPS) is 10.5. The van der Waals surface area contributed by atoms with E-state index in [0.717, 1.165) is 28.0 Å². The highest BCUT2D eigenvalue weighted by Crippen LogP contribution is 2.28. The minimum atomic E-state index is 0.673. The molecule has 2 N–H and O–H groups in total. The summed E-state index contributed by atoms with van der Waals surface area (Å²) in [7, 11) is 0. The van der Waals surface area contributed by atoms with Crippen molar-refractivity contribution in [1.29, 1.82) is 0 Å². The van der Waals surface area contributed by atoms with E-state index in [0.29, 0.717) is 5.69 Å². The van der Waals surface area contributed by atoms with Gasteiger partial charge in [0.05, 0.1) is 5.69 Å². The summed E-state index contributed by atoms with van der Waals surface area (Å²) >= 11 is 1.47. The van der Waals surface area contributed by atoms with E-state index in [2.05, 4.69) is 15.0 Å². The zero-order valence-electron chi connectivity index (χ0n) is 9.84. The van der Waals surface area contributed by atoms with Gasteiger partial charge in [0, 0.05) is 18.3 Å². The van der Waals surface area contributed by atoms with Crippen molar-refractivity contribution in [2.45, 2.75) is 30.3 Å². The molecule has 0 aromatic carbocycles. The molecule has 0 bridgehead atoms. The number of nitrogens with zero attached hydrogens (tertiary/aromatic N) is 3. The van der Waals surface area contributed by atoms with E-state index in [1.165, 1.54) is 11.8 Å². The standard InChI is InChI=1S/C12H14N4S/c1-3-10-15-8(2)7-11(16-10)17-12-9(13)5-4-6-14-12/h4-7H,3,13H2,1-2H3. The van der Waals surface area contributed by atoms with E-state index in [1.807, 2.05) is 32.0 Å². The van der Waals surface area contributed by atoms with Gasteiger partial charge in [0.25, 0.3) is 0 Å². The number of pyridine rings is 1. The van der Waals surface area contributed by atoms with Gasteiger partial charge in [-0.15, -0.1) is 0 Å². The summed E-state index contributed by atoms with van der Waals surface area (Å²) in [6.07, 6.45) is 2.56. The van der Waals surface area contributed by atoms with Crippen molar-refractivity contribution in [3.63, 3.8) is 0 Å². The van der Waals surface area contributed by atoms with E-state index >= 15 is 0 Å². The molecule has 0 atom stereocenters. The number of nitrogen functional groups attached to an aromatic ring is 1. The molecular weight excluding hydrogens is 232 g/mol. The minimum Gasteiger partial charge on any atom is -0.397 e. The van der Waals surface area contributed by atoms with Crippen molar-refractivity contribution in [3.05, 3.63) is 35.9 Å². The number of hydrogen-bond donors (Lipinski definition) is 1. The molecule has 5 heteroatoms. The second-order valence-electron chi connectivity index (χ2n) is 3.62. The molecule has 2 aromatic rings. The summed E-state index contributed by atoms with van der Waals surface area (Å²) in [6.45, 7) is 4.00. The Balaban J connectivity index is 2.30. The van der Waals surface area contributed by atoms with Crippen LogP contribution >= 0.6 is 11.8 Å². The second-order valence-corrected chi connectivity index (χ2v) is 4.63. The Hall–Kier alpha value is -1.62. The third kappa shape index (κ3) is 2.94. The first-order valence-corrected chi connectivity index (χ1v) is 6.23. The first-order valence-electron chi connectivity index (χ1n) is 5.42. The molecule has 2 heterocycles. The van der Waals surface area contributed by atoms with Gasteiger partial charge in [-0.1, -0.05) is 6.92 Å². The van der Waals surface area contributed by atoms with Gasteiger partial charge in [0.1, 0.15) is 15.9 Å². The Kier molecular flexibility index (Phi) is 3.58. The third-order valence-electron chi connectivity index (χ3n) is 2.20. The van der Waals surface area contributed by atoms with Crippen LogP contribution in [0.25, 0.3) is 0 Å². The molecule has 88 valence electrons. The molecule has 0 spiro atoms. The van der Waals surface area contributed by atoms with Gasteiger partial charge < -0.3 is 5.73 Å². The molecule has 2 aromatic heterocycles. The molecule has 0 fully saturated rings. The summed E-state index contributed by atoms with van der Waals surface area (Å²) < 4.78 is 0. The van der Waals surface area contributed by atoms with E-state index in [4.69, 9.17) is 5.73 Å². The molecular formula is C12H14N4S. The highest BCUT2D eigenvalue weighted by atomic mass is 32.2. The Morgan fingerprint density at radius 1 is 1.35 bits per heavy atom. The quantitative estimate of drug-likeness (QED) is 0.843. The topological polar surface area (TPSA) is 64.7 Å². The van der Waals surface area contributed by atoms with Crippen LogP contribution in [0.15, 0.2) is 34.4 Å². The summed E-state index contributed by atoms with van der Waals surface area (Å²) in [5, 5.41) is 1.67. The molecule has 0 aliphatic rings. The van der Waals surface area contributed by atoms with Crippen molar-refractivity contribution in [2.75, 3.05) is 5.73 Å². The van der Waals surface area contributed by atoms with Crippen molar-refractivity contribution in [3.8, 4) is 0 Å². The van der Waals surface area contributed by atoms with Crippen LogP contribution in [0.2, 0.25) is 0 Å². The Bertz CT molecular complexity index is 528. The molecule has 0 saturated heterocycles. The number of anilines is 1. The fourth-order valence-corrected chi connectivity index (χ4v) is 2.28. The van der Waals surface area contributed by atoms with E-state index in [1.54, 1.807) is 6.20 Å². The smallest absolute Gasteiger partial charge is 0.129 e. The largest absolute Gasteiger partial charge is 0.397 e. The fourth-order valence-electron chi connectivity index (χ4n) is 1.40. The molecule has 0 aliphatic heterocycles. The molecule has 0 radical (unpaired) electrons. The van der Waals surface area contributed by atoms with Gasteiger partial charge in [-0.2, -0.15) is 0 Å². The number of nitrogens with two attached hydrogens (primary N) is 1. The maximum Gasteiger partial charge on any atom is 0.129 e. The zero-order chi connectivity index (χ0) is 12.3. The summed E-state index contributed by atoms with van der Waals surface area (Å²) in [6, 6.07) is 5.60. The molecule has 2 rings (SSSR count). The van der Waals surface area contributed by atoms with Gasteiger partial charge in [-0.05, 0) is 36.9 Å². The highest BCUT2D eigenvalue weighted by Gasteiger charge is 2.06. The second kappa shape index (κ2) is 5.14. The lowest BCUT2D eigenvalue weighted by atomic mass is 10.4. The molecule has 17 heavy (non-hydrogen) atoms. The maximum absolute atomic E-state index is 5.85. The molecule has 0 amide bonds. The summed E-state index contributed by atoms with van der Waals surface area (Å²) in [4.78, 5) is 13.0. The van der Waals surface area contributed by atoms with Crippen molar-refractivity contribution in [2.24, 2.45) is 0 Å². The summed E-state index contributed by atoms with van der Waals surface area (Å²) in [5.41, 5.74) is 7.49. The van der Waals surface area contributed by atoms with Crippen molar-refractivity contribution >= 4 is 17.4 Å². The van der Waals surface area contributed by atoms with E-state index < -0.39 is 0 Å². The zero-order valence-corrected chi connectivity index (χ0v) is 10.7. The van der Waals surface area contributed by atoms with Gasteiger partial charge in [-0.3, -0.25) is 0 Å². The van der Waals surface area contributed by atoms with Crippen LogP contribution in [0, 0.1) is 6.92 Å². The Morgan fingerprint density at radius 2 is 2.18 bits per heavy atom. The lowest BCUT2D eigenvalue weighted by Crippen LogP contribution is -1.97. The number of rotatable bonds is 3. The third-order valence-corrected chi connectivity index (χ3v) is 3.15. The van der Waals surface area contributed by atoms with E-state index in [-0.39, 0.29) is 0 Å².